The van der Waals surface area contributed by atoms with Crippen molar-refractivity contribution in [3.05, 3.63) is 35.6 Å². The summed E-state index contributed by atoms with van der Waals surface area (Å²) in [6, 6.07) is 8.65. The standard InChI is InChI=1S/C20H33N3O2/c1-16(25-15-24-6)19(21-5)17-8-7-9-18(14-17)22-10-12-23(13-11-22)20(2,3)4/h7-9,14,21H,10-13,15H2,1-6H3/b19-16+. The van der Waals surface area contributed by atoms with Gasteiger partial charge in [0.1, 0.15) is 5.76 Å². The number of allylic oxidation sites excluding steroid dienone is 1. The monoisotopic (exact) mass is 347 g/mol. The summed E-state index contributed by atoms with van der Waals surface area (Å²) in [5.41, 5.74) is 3.63. The number of benzene rings is 1. The van der Waals surface area contributed by atoms with Gasteiger partial charge in [-0.1, -0.05) is 12.1 Å². The Morgan fingerprint density at radius 1 is 1.16 bits per heavy atom. The first kappa shape index (κ1) is 19.6. The molecule has 0 amide bonds. The number of rotatable bonds is 6. The highest BCUT2D eigenvalue weighted by Crippen LogP contribution is 2.25. The van der Waals surface area contributed by atoms with Crippen molar-refractivity contribution in [2.45, 2.75) is 33.2 Å². The van der Waals surface area contributed by atoms with Crippen molar-refractivity contribution >= 4 is 11.4 Å². The summed E-state index contributed by atoms with van der Waals surface area (Å²) in [5.74, 6) is 0.832. The zero-order chi connectivity index (χ0) is 18.4. The molecule has 1 aromatic rings. The minimum atomic E-state index is 0.242. The fourth-order valence-corrected chi connectivity index (χ4v) is 3.24. The lowest BCUT2D eigenvalue weighted by atomic mass is 10.0. The van der Waals surface area contributed by atoms with Crippen molar-refractivity contribution < 1.29 is 9.47 Å². The Balaban J connectivity index is 2.14. The summed E-state index contributed by atoms with van der Waals surface area (Å²) in [5, 5.41) is 3.26. The normalized spacial score (nSPS) is 17.3. The lowest BCUT2D eigenvalue weighted by Crippen LogP contribution is -2.53. The fraction of sp³-hybridized carbons (Fsp3) is 0.600. The molecule has 1 aromatic carbocycles. The minimum absolute atomic E-state index is 0.242. The van der Waals surface area contributed by atoms with Crippen molar-refractivity contribution in [1.29, 1.82) is 0 Å². The maximum absolute atomic E-state index is 5.61. The number of hydrogen-bond donors (Lipinski definition) is 1. The van der Waals surface area contributed by atoms with Crippen LogP contribution in [0.1, 0.15) is 33.3 Å². The number of anilines is 1. The zero-order valence-corrected chi connectivity index (χ0v) is 16.6. The molecule has 25 heavy (non-hydrogen) atoms. The van der Waals surface area contributed by atoms with Gasteiger partial charge in [-0.05, 0) is 39.8 Å². The Hall–Kier alpha value is -1.72. The molecule has 0 unspecified atom stereocenters. The van der Waals surface area contributed by atoms with Crippen LogP contribution < -0.4 is 10.2 Å². The zero-order valence-electron chi connectivity index (χ0n) is 16.6. The summed E-state index contributed by atoms with van der Waals surface area (Å²) < 4.78 is 10.6. The van der Waals surface area contributed by atoms with Crippen molar-refractivity contribution in [1.82, 2.24) is 10.2 Å². The highest BCUT2D eigenvalue weighted by molar-refractivity contribution is 5.69. The molecule has 0 aromatic heterocycles. The van der Waals surface area contributed by atoms with E-state index in [2.05, 4.69) is 60.2 Å². The molecule has 0 atom stereocenters. The van der Waals surface area contributed by atoms with E-state index in [-0.39, 0.29) is 12.3 Å². The van der Waals surface area contributed by atoms with E-state index in [1.54, 1.807) is 7.11 Å². The highest BCUT2D eigenvalue weighted by Gasteiger charge is 2.26. The van der Waals surface area contributed by atoms with Gasteiger partial charge in [-0.25, -0.2) is 0 Å². The van der Waals surface area contributed by atoms with Gasteiger partial charge in [-0.15, -0.1) is 0 Å². The van der Waals surface area contributed by atoms with Crippen LogP contribution in [-0.2, 0) is 9.47 Å². The third kappa shape index (κ3) is 5.13. The predicted octanol–water partition coefficient (Wildman–Crippen LogP) is 3.14. The van der Waals surface area contributed by atoms with E-state index in [0.29, 0.717) is 0 Å². The van der Waals surface area contributed by atoms with Crippen LogP contribution in [0.3, 0.4) is 0 Å². The van der Waals surface area contributed by atoms with Crippen LogP contribution >= 0.6 is 0 Å². The van der Waals surface area contributed by atoms with Gasteiger partial charge in [-0.3, -0.25) is 4.90 Å². The highest BCUT2D eigenvalue weighted by atomic mass is 16.7. The van der Waals surface area contributed by atoms with Crippen molar-refractivity contribution in [3.63, 3.8) is 0 Å². The second kappa shape index (κ2) is 8.59. The van der Waals surface area contributed by atoms with Gasteiger partial charge < -0.3 is 19.7 Å². The smallest absolute Gasteiger partial charge is 0.188 e. The molecule has 5 nitrogen and oxygen atoms in total. The average molecular weight is 348 g/mol. The minimum Gasteiger partial charge on any atom is -0.470 e. The molecule has 1 aliphatic rings. The summed E-state index contributed by atoms with van der Waals surface area (Å²) in [7, 11) is 3.55. The van der Waals surface area contributed by atoms with Crippen molar-refractivity contribution in [3.8, 4) is 0 Å². The first-order valence-corrected chi connectivity index (χ1v) is 8.97. The Morgan fingerprint density at radius 3 is 2.40 bits per heavy atom. The SMILES string of the molecule is CN/C(=C(\C)OCOC)c1cccc(N2CCN(C(C)(C)C)CC2)c1. The van der Waals surface area contributed by atoms with Crippen LogP contribution in [0.2, 0.25) is 0 Å². The van der Waals surface area contributed by atoms with Gasteiger partial charge in [0.05, 0.1) is 5.70 Å². The number of ether oxygens (including phenoxy) is 2. The van der Waals surface area contributed by atoms with E-state index in [1.807, 2.05) is 14.0 Å². The van der Waals surface area contributed by atoms with E-state index in [9.17, 15) is 0 Å². The molecule has 140 valence electrons. The number of hydrogen-bond acceptors (Lipinski definition) is 5. The Kier molecular flexibility index (Phi) is 6.73. The molecule has 0 aliphatic carbocycles. The molecule has 0 radical (unpaired) electrons. The molecule has 1 saturated heterocycles. The number of piperazine rings is 1. The van der Waals surface area contributed by atoms with E-state index >= 15 is 0 Å². The molecule has 0 bridgehead atoms. The molecule has 2 rings (SSSR count). The lowest BCUT2D eigenvalue weighted by molar-refractivity contribution is 0.00662. The van der Waals surface area contributed by atoms with E-state index < -0.39 is 0 Å². The number of nitrogens with one attached hydrogen (secondary N) is 1. The van der Waals surface area contributed by atoms with Gasteiger partial charge in [0.15, 0.2) is 6.79 Å². The Labute approximate surface area is 152 Å². The molecule has 1 N–H and O–H groups in total. The van der Waals surface area contributed by atoms with Crippen LogP contribution in [0, 0.1) is 0 Å². The number of nitrogens with zero attached hydrogens (tertiary/aromatic N) is 2. The molecule has 5 heteroatoms. The molecule has 0 saturated carbocycles. The van der Waals surface area contributed by atoms with Crippen LogP contribution in [-0.4, -0.2) is 57.6 Å². The molecule has 0 spiro atoms. The summed E-state index contributed by atoms with van der Waals surface area (Å²) >= 11 is 0. The number of methoxy groups -OCH3 is 1. The Bertz CT molecular complexity index is 585. The summed E-state index contributed by atoms with van der Waals surface area (Å²) in [6.07, 6.45) is 0. The van der Waals surface area contributed by atoms with E-state index in [0.717, 1.165) is 43.2 Å². The molecular formula is C20H33N3O2. The molecule has 1 heterocycles. The van der Waals surface area contributed by atoms with Gasteiger partial charge in [0.25, 0.3) is 0 Å². The van der Waals surface area contributed by atoms with Crippen LogP contribution in [0.5, 0.6) is 0 Å². The topological polar surface area (TPSA) is 37.0 Å². The maximum atomic E-state index is 5.61. The molecule has 1 fully saturated rings. The predicted molar refractivity (Wildman–Crippen MR) is 105 cm³/mol. The van der Waals surface area contributed by atoms with Gasteiger partial charge in [-0.2, -0.15) is 0 Å². The third-order valence-corrected chi connectivity index (χ3v) is 4.72. The second-order valence-corrected chi connectivity index (χ2v) is 7.43. The third-order valence-electron chi connectivity index (χ3n) is 4.72. The van der Waals surface area contributed by atoms with E-state index in [4.69, 9.17) is 9.47 Å². The maximum Gasteiger partial charge on any atom is 0.188 e. The fourth-order valence-electron chi connectivity index (χ4n) is 3.24. The average Bonchev–Trinajstić information content (AvgIpc) is 2.60. The lowest BCUT2D eigenvalue weighted by Gasteiger charge is -2.43. The largest absolute Gasteiger partial charge is 0.470 e. The second-order valence-electron chi connectivity index (χ2n) is 7.43. The molecule has 1 aliphatic heterocycles. The van der Waals surface area contributed by atoms with Crippen LogP contribution in [0.4, 0.5) is 5.69 Å². The van der Waals surface area contributed by atoms with Crippen molar-refractivity contribution in [2.24, 2.45) is 0 Å². The molecular weight excluding hydrogens is 314 g/mol. The van der Waals surface area contributed by atoms with Crippen LogP contribution in [0.15, 0.2) is 30.0 Å². The summed E-state index contributed by atoms with van der Waals surface area (Å²) in [6.45, 7) is 13.4. The van der Waals surface area contributed by atoms with Gasteiger partial charge >= 0.3 is 0 Å². The van der Waals surface area contributed by atoms with Gasteiger partial charge in [0, 0.05) is 57.1 Å². The van der Waals surface area contributed by atoms with Crippen LogP contribution in [0.25, 0.3) is 5.70 Å². The Morgan fingerprint density at radius 2 is 1.84 bits per heavy atom. The quantitative estimate of drug-likeness (QED) is 0.632. The van der Waals surface area contributed by atoms with Gasteiger partial charge in [0.2, 0.25) is 0 Å². The van der Waals surface area contributed by atoms with Crippen molar-refractivity contribution in [2.75, 3.05) is 52.0 Å². The first-order valence-electron chi connectivity index (χ1n) is 8.97. The summed E-state index contributed by atoms with van der Waals surface area (Å²) in [4.78, 5) is 5.01. The first-order chi connectivity index (χ1) is 11.9. The van der Waals surface area contributed by atoms with E-state index in [1.165, 1.54) is 5.69 Å².